The normalized spacial score (nSPS) is 10.7. The van der Waals surface area contributed by atoms with Gasteiger partial charge in [-0.3, -0.25) is 19.1 Å². The van der Waals surface area contributed by atoms with E-state index < -0.39 is 23.1 Å². The Labute approximate surface area is 220 Å². The summed E-state index contributed by atoms with van der Waals surface area (Å²) in [5.41, 5.74) is 6.89. The number of pyridine rings is 2. The third kappa shape index (κ3) is 5.18. The van der Waals surface area contributed by atoms with Gasteiger partial charge in [0.15, 0.2) is 0 Å². The first-order valence-corrected chi connectivity index (χ1v) is 11.6. The number of benzene rings is 2. The first-order chi connectivity index (χ1) is 18.8. The van der Waals surface area contributed by atoms with Crippen LogP contribution in [-0.2, 0) is 0 Å². The van der Waals surface area contributed by atoms with E-state index in [0.29, 0.717) is 22.6 Å². The Bertz CT molecular complexity index is 1760. The maximum absolute atomic E-state index is 15.2. The van der Waals surface area contributed by atoms with Crippen LogP contribution in [0.15, 0.2) is 90.1 Å². The van der Waals surface area contributed by atoms with E-state index in [4.69, 9.17) is 10.5 Å². The van der Waals surface area contributed by atoms with Crippen LogP contribution >= 0.6 is 0 Å². The molecule has 194 valence electrons. The number of carbonyl (C=O) groups is 1. The molecule has 0 fully saturated rings. The summed E-state index contributed by atoms with van der Waals surface area (Å²) in [4.78, 5) is 38.6. The molecule has 0 aliphatic carbocycles. The van der Waals surface area contributed by atoms with Gasteiger partial charge in [-0.25, -0.2) is 18.7 Å². The van der Waals surface area contributed by atoms with Gasteiger partial charge in [-0.1, -0.05) is 0 Å². The van der Waals surface area contributed by atoms with Crippen molar-refractivity contribution in [1.82, 2.24) is 19.5 Å². The maximum atomic E-state index is 15.2. The summed E-state index contributed by atoms with van der Waals surface area (Å²) in [5.74, 6) is -1.76. The van der Waals surface area contributed by atoms with Crippen LogP contribution in [0.25, 0.3) is 28.2 Å². The van der Waals surface area contributed by atoms with Crippen LogP contribution in [0.2, 0.25) is 0 Å². The van der Waals surface area contributed by atoms with Crippen molar-refractivity contribution >= 4 is 17.5 Å². The van der Waals surface area contributed by atoms with E-state index in [0.717, 1.165) is 6.07 Å². The number of methoxy groups -OCH3 is 1. The zero-order valence-corrected chi connectivity index (χ0v) is 20.4. The molecule has 0 unspecified atom stereocenters. The van der Waals surface area contributed by atoms with Crippen molar-refractivity contribution in [2.75, 3.05) is 18.2 Å². The van der Waals surface area contributed by atoms with Gasteiger partial charge in [-0.2, -0.15) is 0 Å². The molecule has 9 nitrogen and oxygen atoms in total. The second-order valence-electron chi connectivity index (χ2n) is 8.29. The van der Waals surface area contributed by atoms with Gasteiger partial charge in [0.2, 0.25) is 5.95 Å². The Morgan fingerprint density at radius 3 is 2.44 bits per heavy atom. The van der Waals surface area contributed by atoms with Gasteiger partial charge >= 0.3 is 0 Å². The molecular formula is C28H20F2N6O3. The monoisotopic (exact) mass is 526 g/mol. The molecule has 0 saturated heterocycles. The molecule has 11 heteroatoms. The van der Waals surface area contributed by atoms with E-state index in [9.17, 15) is 14.0 Å². The lowest BCUT2D eigenvalue weighted by atomic mass is 10.0. The average Bonchev–Trinajstić information content (AvgIpc) is 2.93. The fourth-order valence-corrected chi connectivity index (χ4v) is 3.98. The van der Waals surface area contributed by atoms with Crippen LogP contribution in [0.3, 0.4) is 0 Å². The number of aromatic nitrogens is 4. The second-order valence-corrected chi connectivity index (χ2v) is 8.29. The number of hydrogen-bond donors (Lipinski definition) is 2. The number of carbonyl (C=O) groups excluding carboxylic acids is 1. The highest BCUT2D eigenvalue weighted by Crippen LogP contribution is 2.28. The van der Waals surface area contributed by atoms with Crippen LogP contribution < -0.4 is 21.3 Å². The van der Waals surface area contributed by atoms with E-state index in [2.05, 4.69) is 20.3 Å². The van der Waals surface area contributed by atoms with Gasteiger partial charge in [-0.15, -0.1) is 0 Å². The lowest BCUT2D eigenvalue weighted by molar-refractivity contribution is 0.102. The average molecular weight is 527 g/mol. The van der Waals surface area contributed by atoms with Gasteiger partial charge in [-0.05, 0) is 72.3 Å². The van der Waals surface area contributed by atoms with Crippen LogP contribution in [0.4, 0.5) is 20.4 Å². The van der Waals surface area contributed by atoms with Crippen molar-refractivity contribution in [3.8, 4) is 34.0 Å². The fourth-order valence-electron chi connectivity index (χ4n) is 3.98. The number of halogens is 2. The minimum Gasteiger partial charge on any atom is -0.496 e. The smallest absolute Gasteiger partial charge is 0.271 e. The van der Waals surface area contributed by atoms with Gasteiger partial charge in [0.25, 0.3) is 11.5 Å². The number of amides is 1. The standard InChI is InChI=1S/C28H20F2N6O3/c1-39-24-10-13-36(19-5-2-17(29)3-6-19)27(38)25(24)26(37)34-18-4-7-20(21(30)15-18)16-8-11-32-23(14-16)22-9-12-33-28(31)35-22/h2-15H,1H3,(H,34,37)(H2,31,33,35). The van der Waals surface area contributed by atoms with Gasteiger partial charge in [0, 0.05) is 35.5 Å². The Morgan fingerprint density at radius 1 is 0.949 bits per heavy atom. The van der Waals surface area contributed by atoms with Crippen molar-refractivity contribution in [1.29, 1.82) is 0 Å². The van der Waals surface area contributed by atoms with E-state index in [1.807, 2.05) is 0 Å². The number of anilines is 2. The van der Waals surface area contributed by atoms with E-state index in [-0.39, 0.29) is 28.5 Å². The van der Waals surface area contributed by atoms with E-state index in [1.54, 1.807) is 18.2 Å². The summed E-state index contributed by atoms with van der Waals surface area (Å²) < 4.78 is 34.9. The Hall–Kier alpha value is -5.45. The predicted molar refractivity (Wildman–Crippen MR) is 142 cm³/mol. The second kappa shape index (κ2) is 10.5. The number of rotatable bonds is 6. The fraction of sp³-hybridized carbons (Fsp3) is 0.0357. The SMILES string of the molecule is COc1ccn(-c2ccc(F)cc2)c(=O)c1C(=O)Nc1ccc(-c2ccnc(-c3ccnc(N)n3)c2)c(F)c1. The summed E-state index contributed by atoms with van der Waals surface area (Å²) >= 11 is 0. The molecule has 0 radical (unpaired) electrons. The van der Waals surface area contributed by atoms with Gasteiger partial charge < -0.3 is 15.8 Å². The molecule has 0 spiro atoms. The molecule has 0 atom stereocenters. The Balaban J connectivity index is 1.43. The van der Waals surface area contributed by atoms with Crippen molar-refractivity contribution in [3.05, 3.63) is 113 Å². The third-order valence-corrected chi connectivity index (χ3v) is 5.84. The largest absolute Gasteiger partial charge is 0.496 e. The summed E-state index contributed by atoms with van der Waals surface area (Å²) in [6.45, 7) is 0. The third-order valence-electron chi connectivity index (χ3n) is 5.84. The van der Waals surface area contributed by atoms with Crippen LogP contribution in [0.5, 0.6) is 5.75 Å². The molecule has 3 aromatic heterocycles. The molecule has 0 saturated carbocycles. The zero-order chi connectivity index (χ0) is 27.5. The first-order valence-electron chi connectivity index (χ1n) is 11.6. The van der Waals surface area contributed by atoms with E-state index >= 15 is 4.39 Å². The molecule has 3 heterocycles. The molecule has 0 aliphatic heterocycles. The lowest BCUT2D eigenvalue weighted by Gasteiger charge is -2.13. The number of nitrogens with one attached hydrogen (secondary N) is 1. The molecular weight excluding hydrogens is 506 g/mol. The Morgan fingerprint density at radius 2 is 1.72 bits per heavy atom. The van der Waals surface area contributed by atoms with Crippen LogP contribution in [0.1, 0.15) is 10.4 Å². The van der Waals surface area contributed by atoms with Crippen molar-refractivity contribution < 1.29 is 18.3 Å². The quantitative estimate of drug-likeness (QED) is 0.334. The summed E-state index contributed by atoms with van der Waals surface area (Å²) in [6, 6.07) is 15.7. The molecule has 5 rings (SSSR count). The number of hydrogen-bond acceptors (Lipinski definition) is 7. The Kier molecular flexibility index (Phi) is 6.79. The van der Waals surface area contributed by atoms with Crippen LogP contribution in [-0.4, -0.2) is 32.5 Å². The highest BCUT2D eigenvalue weighted by Gasteiger charge is 2.20. The number of nitrogen functional groups attached to an aromatic ring is 1. The van der Waals surface area contributed by atoms with Crippen molar-refractivity contribution in [2.24, 2.45) is 0 Å². The summed E-state index contributed by atoms with van der Waals surface area (Å²) in [6.07, 6.45) is 4.44. The zero-order valence-electron chi connectivity index (χ0n) is 20.4. The molecule has 1 amide bonds. The summed E-state index contributed by atoms with van der Waals surface area (Å²) in [5, 5.41) is 2.55. The number of ether oxygens (including phenoxy) is 1. The topological polar surface area (TPSA) is 125 Å². The number of nitrogens with two attached hydrogens (primary N) is 1. The van der Waals surface area contributed by atoms with Crippen molar-refractivity contribution in [2.45, 2.75) is 0 Å². The lowest BCUT2D eigenvalue weighted by Crippen LogP contribution is -2.29. The van der Waals surface area contributed by atoms with Gasteiger partial charge in [0.05, 0.1) is 18.5 Å². The minimum absolute atomic E-state index is 0.0302. The first kappa shape index (κ1) is 25.2. The molecule has 0 aliphatic rings. The van der Waals surface area contributed by atoms with E-state index in [1.165, 1.54) is 72.7 Å². The molecule has 39 heavy (non-hydrogen) atoms. The maximum Gasteiger partial charge on any atom is 0.271 e. The van der Waals surface area contributed by atoms with Crippen molar-refractivity contribution in [3.63, 3.8) is 0 Å². The number of nitrogens with zero attached hydrogens (tertiary/aromatic N) is 4. The molecule has 5 aromatic rings. The van der Waals surface area contributed by atoms with Gasteiger partial charge in [0.1, 0.15) is 22.9 Å². The highest BCUT2D eigenvalue weighted by atomic mass is 19.1. The molecule has 2 aromatic carbocycles. The predicted octanol–water partition coefficient (Wildman–Crippen LogP) is 4.48. The minimum atomic E-state index is -0.798. The molecule has 3 N–H and O–H groups in total. The summed E-state index contributed by atoms with van der Waals surface area (Å²) in [7, 11) is 1.32. The molecule has 0 bridgehead atoms. The highest BCUT2D eigenvalue weighted by molar-refractivity contribution is 6.06. The van der Waals surface area contributed by atoms with Crippen LogP contribution in [0, 0.1) is 11.6 Å².